The maximum atomic E-state index is 13.1. The number of benzene rings is 1. The fourth-order valence-electron chi connectivity index (χ4n) is 3.18. The number of carbonyl (C=O) groups excluding carboxylic acids is 2. The summed E-state index contributed by atoms with van der Waals surface area (Å²) < 4.78 is 46.0. The average Bonchev–Trinajstić information content (AvgIpc) is 3.07. The topological polar surface area (TPSA) is 120 Å². The second kappa shape index (κ2) is 8.65. The van der Waals surface area contributed by atoms with Crippen LogP contribution in [0.3, 0.4) is 0 Å². The minimum absolute atomic E-state index is 0.0162. The summed E-state index contributed by atoms with van der Waals surface area (Å²) in [4.78, 5) is 26.5. The highest BCUT2D eigenvalue weighted by Gasteiger charge is 2.41. The molecule has 1 N–H and O–H groups in total. The minimum Gasteiger partial charge on any atom is -0.493 e. The molecule has 1 amide bonds. The molecular weight excluding hydrogens is 392 g/mol. The van der Waals surface area contributed by atoms with Gasteiger partial charge in [-0.05, 0) is 18.6 Å². The molecule has 0 saturated carbocycles. The van der Waals surface area contributed by atoms with Gasteiger partial charge in [-0.25, -0.2) is 17.9 Å². The van der Waals surface area contributed by atoms with Gasteiger partial charge in [0.05, 0.1) is 34.7 Å². The summed E-state index contributed by atoms with van der Waals surface area (Å²) in [5.41, 5.74) is 0.198. The molecule has 156 valence electrons. The van der Waals surface area contributed by atoms with Crippen molar-refractivity contribution in [3.05, 3.63) is 17.7 Å². The largest absolute Gasteiger partial charge is 0.493 e. The van der Waals surface area contributed by atoms with Crippen molar-refractivity contribution in [2.24, 2.45) is 0 Å². The monoisotopic (exact) mass is 416 g/mol. The molecule has 28 heavy (non-hydrogen) atoms. The van der Waals surface area contributed by atoms with Crippen molar-refractivity contribution in [3.63, 3.8) is 0 Å². The van der Waals surface area contributed by atoms with Crippen LogP contribution in [0.15, 0.2) is 12.1 Å². The molecule has 10 nitrogen and oxygen atoms in total. The maximum Gasteiger partial charge on any atom is 0.328 e. The van der Waals surface area contributed by atoms with Gasteiger partial charge in [-0.1, -0.05) is 0 Å². The van der Waals surface area contributed by atoms with E-state index in [2.05, 4.69) is 4.72 Å². The average molecular weight is 416 g/mol. The van der Waals surface area contributed by atoms with Crippen molar-refractivity contribution in [1.29, 1.82) is 0 Å². The Balaban J connectivity index is 2.40. The highest BCUT2D eigenvalue weighted by Crippen LogP contribution is 2.39. The summed E-state index contributed by atoms with van der Waals surface area (Å²) in [5.74, 6) is -0.232. The number of methoxy groups -OCH3 is 4. The maximum absolute atomic E-state index is 13.1. The fourth-order valence-corrected chi connectivity index (χ4v) is 3.95. The lowest BCUT2D eigenvalue weighted by Crippen LogP contribution is -2.42. The molecule has 1 aromatic rings. The molecule has 0 aliphatic carbocycles. The number of hydrogen-bond acceptors (Lipinski definition) is 8. The van der Waals surface area contributed by atoms with Crippen molar-refractivity contribution in [3.8, 4) is 17.2 Å². The third-order valence-electron chi connectivity index (χ3n) is 4.33. The highest BCUT2D eigenvalue weighted by atomic mass is 32.2. The molecule has 1 aromatic carbocycles. The van der Waals surface area contributed by atoms with Crippen molar-refractivity contribution in [2.75, 3.05) is 41.2 Å². The zero-order valence-corrected chi connectivity index (χ0v) is 17.2. The second-order valence-corrected chi connectivity index (χ2v) is 8.01. The van der Waals surface area contributed by atoms with Gasteiger partial charge < -0.3 is 23.8 Å². The number of esters is 1. The van der Waals surface area contributed by atoms with Gasteiger partial charge in [0.25, 0.3) is 5.91 Å². The molecule has 0 radical (unpaired) electrons. The number of carbonyl (C=O) groups is 2. The van der Waals surface area contributed by atoms with E-state index in [0.29, 0.717) is 5.75 Å². The Bertz CT molecular complexity index is 830. The summed E-state index contributed by atoms with van der Waals surface area (Å²) in [6.45, 7) is 0.0162. The highest BCUT2D eigenvalue weighted by molar-refractivity contribution is 7.88. The molecular formula is C17H24N2O8S. The van der Waals surface area contributed by atoms with E-state index >= 15 is 0 Å². The van der Waals surface area contributed by atoms with Crippen molar-refractivity contribution < 1.29 is 37.0 Å². The van der Waals surface area contributed by atoms with Crippen LogP contribution < -0.4 is 18.9 Å². The van der Waals surface area contributed by atoms with Gasteiger partial charge >= 0.3 is 5.97 Å². The lowest BCUT2D eigenvalue weighted by Gasteiger charge is -2.23. The SMILES string of the molecule is COC(=O)[C@@H]1C[C@H](NS(C)(=O)=O)CN1C(=O)c1cc(OC)c(OC)c(OC)c1. The Morgan fingerprint density at radius 1 is 1.07 bits per heavy atom. The third-order valence-corrected chi connectivity index (χ3v) is 5.09. The molecule has 0 unspecified atom stereocenters. The quantitative estimate of drug-likeness (QED) is 0.618. The summed E-state index contributed by atoms with van der Waals surface area (Å²) in [6.07, 6.45) is 1.12. The normalized spacial score (nSPS) is 19.2. The number of rotatable bonds is 7. The molecule has 2 atom stereocenters. The first kappa shape index (κ1) is 21.8. The van der Waals surface area contributed by atoms with Crippen LogP contribution in [0.4, 0.5) is 0 Å². The second-order valence-electron chi connectivity index (χ2n) is 6.23. The predicted octanol–water partition coefficient (Wildman–Crippen LogP) is 0.0177. The van der Waals surface area contributed by atoms with E-state index in [1.54, 1.807) is 0 Å². The zero-order chi connectivity index (χ0) is 21.1. The van der Waals surface area contributed by atoms with Gasteiger partial charge in [0.2, 0.25) is 15.8 Å². The Morgan fingerprint density at radius 2 is 1.64 bits per heavy atom. The Labute approximate surface area is 163 Å². The third kappa shape index (κ3) is 4.65. The first-order chi connectivity index (χ1) is 13.1. The van der Waals surface area contributed by atoms with E-state index in [4.69, 9.17) is 18.9 Å². The first-order valence-electron chi connectivity index (χ1n) is 8.31. The van der Waals surface area contributed by atoms with Gasteiger partial charge in [0, 0.05) is 18.2 Å². The molecule has 0 aromatic heterocycles. The van der Waals surface area contributed by atoms with E-state index in [-0.39, 0.29) is 30.0 Å². The van der Waals surface area contributed by atoms with Gasteiger partial charge in [0.15, 0.2) is 11.5 Å². The molecule has 11 heteroatoms. The summed E-state index contributed by atoms with van der Waals surface area (Å²) >= 11 is 0. The van der Waals surface area contributed by atoms with Crippen LogP contribution >= 0.6 is 0 Å². The minimum atomic E-state index is -3.50. The van der Waals surface area contributed by atoms with Gasteiger partial charge in [-0.15, -0.1) is 0 Å². The number of likely N-dealkylation sites (tertiary alicyclic amines) is 1. The summed E-state index contributed by atoms with van der Waals surface area (Å²) in [7, 11) is 1.99. The Hall–Kier alpha value is -2.53. The van der Waals surface area contributed by atoms with Crippen LogP contribution in [-0.4, -0.2) is 78.5 Å². The summed E-state index contributed by atoms with van der Waals surface area (Å²) in [6, 6.07) is 1.41. The predicted molar refractivity (Wildman–Crippen MR) is 99.3 cm³/mol. The van der Waals surface area contributed by atoms with E-state index in [1.165, 1.54) is 45.5 Å². The fraction of sp³-hybridized carbons (Fsp3) is 0.529. The van der Waals surface area contributed by atoms with Crippen LogP contribution in [0.5, 0.6) is 17.2 Å². The van der Waals surface area contributed by atoms with E-state index in [1.807, 2.05) is 0 Å². The van der Waals surface area contributed by atoms with Crippen LogP contribution in [0.2, 0.25) is 0 Å². The molecule has 0 bridgehead atoms. The number of amides is 1. The van der Waals surface area contributed by atoms with Crippen molar-refractivity contribution in [2.45, 2.75) is 18.5 Å². The van der Waals surface area contributed by atoms with Gasteiger partial charge in [-0.2, -0.15) is 0 Å². The van der Waals surface area contributed by atoms with E-state index in [9.17, 15) is 18.0 Å². The first-order valence-corrected chi connectivity index (χ1v) is 10.2. The smallest absolute Gasteiger partial charge is 0.328 e. The molecule has 0 spiro atoms. The molecule has 1 heterocycles. The van der Waals surface area contributed by atoms with Crippen LogP contribution in [-0.2, 0) is 19.6 Å². The number of sulfonamides is 1. The van der Waals surface area contributed by atoms with Gasteiger partial charge in [-0.3, -0.25) is 4.79 Å². The van der Waals surface area contributed by atoms with E-state index < -0.39 is 34.0 Å². The number of ether oxygens (including phenoxy) is 4. The standard InChI is InChI=1S/C17H24N2O8S/c1-24-13-6-10(7-14(25-2)15(13)26-3)16(20)19-9-11(18-28(5,22)23)8-12(19)17(21)27-4/h6-7,11-12,18H,8-9H2,1-5H3/t11-,12-/m0/s1. The zero-order valence-electron chi connectivity index (χ0n) is 16.3. The molecule has 1 aliphatic heterocycles. The molecule has 1 fully saturated rings. The van der Waals surface area contributed by atoms with Crippen molar-refractivity contribution in [1.82, 2.24) is 9.62 Å². The Morgan fingerprint density at radius 3 is 2.07 bits per heavy atom. The molecule has 2 rings (SSSR count). The van der Waals surface area contributed by atoms with E-state index in [0.717, 1.165) is 6.26 Å². The lowest BCUT2D eigenvalue weighted by atomic mass is 10.1. The number of nitrogens with zero attached hydrogens (tertiary/aromatic N) is 1. The molecule has 1 aliphatic rings. The molecule has 1 saturated heterocycles. The number of hydrogen-bond donors (Lipinski definition) is 1. The lowest BCUT2D eigenvalue weighted by molar-refractivity contribution is -0.145. The van der Waals surface area contributed by atoms with Crippen molar-refractivity contribution >= 4 is 21.9 Å². The van der Waals surface area contributed by atoms with Gasteiger partial charge in [0.1, 0.15) is 6.04 Å². The van der Waals surface area contributed by atoms with Crippen LogP contribution in [0.25, 0.3) is 0 Å². The number of nitrogens with one attached hydrogen (secondary N) is 1. The summed E-state index contributed by atoms with van der Waals surface area (Å²) in [5, 5.41) is 0. The van der Waals surface area contributed by atoms with Crippen LogP contribution in [0.1, 0.15) is 16.8 Å². The Kier molecular flexibility index (Phi) is 6.73. The van der Waals surface area contributed by atoms with Crippen LogP contribution in [0, 0.1) is 0 Å².